The summed E-state index contributed by atoms with van der Waals surface area (Å²) in [5.74, 6) is 0.709. The summed E-state index contributed by atoms with van der Waals surface area (Å²) in [5.41, 5.74) is 8.22. The van der Waals surface area contributed by atoms with Crippen LogP contribution in [0.1, 0.15) is 30.6 Å². The molecule has 0 fully saturated rings. The quantitative estimate of drug-likeness (QED) is 0.773. The topological polar surface area (TPSA) is 53.1 Å². The van der Waals surface area contributed by atoms with Crippen LogP contribution in [0.3, 0.4) is 0 Å². The maximum atomic E-state index is 6.39. The molecule has 0 saturated carbocycles. The highest BCUT2D eigenvalue weighted by Gasteiger charge is 2.20. The van der Waals surface area contributed by atoms with Crippen molar-refractivity contribution in [3.63, 3.8) is 0 Å². The largest absolute Gasteiger partial charge is 0.493 e. The number of nitrogens with zero attached hydrogens (tertiary/aromatic N) is 2. The smallest absolute Gasteiger partial charge is 0.161 e. The third-order valence-corrected chi connectivity index (χ3v) is 4.67. The zero-order chi connectivity index (χ0) is 14.7. The molecule has 0 aliphatic heterocycles. The van der Waals surface area contributed by atoms with Crippen molar-refractivity contribution in [3.05, 3.63) is 44.2 Å². The molecular formula is C14H17ClIN3O. The third kappa shape index (κ3) is 3.10. The van der Waals surface area contributed by atoms with Gasteiger partial charge in [-0.1, -0.05) is 24.6 Å². The first kappa shape index (κ1) is 15.6. The minimum Gasteiger partial charge on any atom is -0.493 e. The van der Waals surface area contributed by atoms with Crippen molar-refractivity contribution in [3.8, 4) is 5.75 Å². The molecule has 0 bridgehead atoms. The van der Waals surface area contributed by atoms with E-state index >= 15 is 0 Å². The number of hydrogen-bond acceptors (Lipinski definition) is 3. The standard InChI is InChI=1S/C14H17ClIN3O/c1-3-6-19-14(12(20-2)8-18-19)13(17)9-4-5-11(16)10(15)7-9/h4-5,7-8,13H,3,6,17H2,1-2H3. The Labute approximate surface area is 137 Å². The van der Waals surface area contributed by atoms with Crippen LogP contribution in [0.2, 0.25) is 5.02 Å². The van der Waals surface area contributed by atoms with Crippen molar-refractivity contribution in [2.45, 2.75) is 25.9 Å². The molecule has 2 rings (SSSR count). The summed E-state index contributed by atoms with van der Waals surface area (Å²) in [4.78, 5) is 0. The van der Waals surface area contributed by atoms with Crippen LogP contribution >= 0.6 is 34.2 Å². The van der Waals surface area contributed by atoms with Crippen molar-refractivity contribution < 1.29 is 4.74 Å². The fourth-order valence-electron chi connectivity index (χ4n) is 2.10. The van der Waals surface area contributed by atoms with Gasteiger partial charge in [-0.3, -0.25) is 4.68 Å². The molecular weight excluding hydrogens is 389 g/mol. The predicted octanol–water partition coefficient (Wildman–Crippen LogP) is 3.61. The van der Waals surface area contributed by atoms with Crippen LogP contribution in [0.5, 0.6) is 5.75 Å². The lowest BCUT2D eigenvalue weighted by molar-refractivity contribution is 0.404. The molecule has 1 unspecified atom stereocenters. The maximum absolute atomic E-state index is 6.39. The highest BCUT2D eigenvalue weighted by molar-refractivity contribution is 14.1. The number of ether oxygens (including phenoxy) is 1. The monoisotopic (exact) mass is 405 g/mol. The van der Waals surface area contributed by atoms with E-state index in [0.717, 1.165) is 27.8 Å². The number of halogens is 2. The van der Waals surface area contributed by atoms with Crippen LogP contribution < -0.4 is 10.5 Å². The maximum Gasteiger partial charge on any atom is 0.161 e. The minimum absolute atomic E-state index is 0.312. The van der Waals surface area contributed by atoms with E-state index in [1.165, 1.54) is 0 Å². The highest BCUT2D eigenvalue weighted by Crippen LogP contribution is 2.30. The van der Waals surface area contributed by atoms with Gasteiger partial charge >= 0.3 is 0 Å². The lowest BCUT2D eigenvalue weighted by Gasteiger charge is -2.16. The first-order valence-electron chi connectivity index (χ1n) is 6.38. The van der Waals surface area contributed by atoms with E-state index in [-0.39, 0.29) is 6.04 Å². The predicted molar refractivity (Wildman–Crippen MR) is 89.3 cm³/mol. The van der Waals surface area contributed by atoms with Gasteiger partial charge in [-0.2, -0.15) is 5.10 Å². The molecule has 0 radical (unpaired) electrons. The molecule has 2 aromatic rings. The number of hydrogen-bond donors (Lipinski definition) is 1. The Morgan fingerprint density at radius 3 is 2.85 bits per heavy atom. The van der Waals surface area contributed by atoms with E-state index in [1.807, 2.05) is 22.9 Å². The lowest BCUT2D eigenvalue weighted by Crippen LogP contribution is -2.18. The molecule has 2 N–H and O–H groups in total. The molecule has 1 aromatic heterocycles. The van der Waals surface area contributed by atoms with E-state index in [2.05, 4.69) is 34.6 Å². The molecule has 1 atom stereocenters. The average Bonchev–Trinajstić information content (AvgIpc) is 2.84. The Hall–Kier alpha value is -0.790. The van der Waals surface area contributed by atoms with Crippen LogP contribution in [-0.4, -0.2) is 16.9 Å². The van der Waals surface area contributed by atoms with Gasteiger partial charge in [-0.05, 0) is 46.7 Å². The number of aryl methyl sites for hydroxylation is 1. The Kier molecular flexibility index (Phi) is 5.29. The molecule has 0 aliphatic carbocycles. The average molecular weight is 406 g/mol. The van der Waals surface area contributed by atoms with Crippen LogP contribution in [0.15, 0.2) is 24.4 Å². The van der Waals surface area contributed by atoms with E-state index in [0.29, 0.717) is 10.8 Å². The summed E-state index contributed by atoms with van der Waals surface area (Å²) >= 11 is 8.37. The van der Waals surface area contributed by atoms with Crippen LogP contribution in [0, 0.1) is 3.57 Å². The molecule has 0 spiro atoms. The van der Waals surface area contributed by atoms with E-state index < -0.39 is 0 Å². The molecule has 0 saturated heterocycles. The number of nitrogens with two attached hydrogens (primary N) is 1. The van der Waals surface area contributed by atoms with Gasteiger partial charge in [-0.15, -0.1) is 0 Å². The van der Waals surface area contributed by atoms with Gasteiger partial charge in [0, 0.05) is 10.1 Å². The second-order valence-electron chi connectivity index (χ2n) is 4.47. The second-order valence-corrected chi connectivity index (χ2v) is 6.04. The third-order valence-electron chi connectivity index (χ3n) is 3.10. The molecule has 1 heterocycles. The summed E-state index contributed by atoms with van der Waals surface area (Å²) in [6.45, 7) is 2.91. The lowest BCUT2D eigenvalue weighted by atomic mass is 10.0. The zero-order valence-electron chi connectivity index (χ0n) is 11.4. The van der Waals surface area contributed by atoms with Crippen LogP contribution in [0.4, 0.5) is 0 Å². The van der Waals surface area contributed by atoms with E-state index in [4.69, 9.17) is 22.1 Å². The summed E-state index contributed by atoms with van der Waals surface area (Å²) in [5, 5.41) is 5.05. The first-order valence-corrected chi connectivity index (χ1v) is 7.84. The van der Waals surface area contributed by atoms with Crippen molar-refractivity contribution in [1.82, 2.24) is 9.78 Å². The highest BCUT2D eigenvalue weighted by atomic mass is 127. The summed E-state index contributed by atoms with van der Waals surface area (Å²) < 4.78 is 8.28. The number of benzene rings is 1. The van der Waals surface area contributed by atoms with Crippen molar-refractivity contribution in [1.29, 1.82) is 0 Å². The van der Waals surface area contributed by atoms with Crippen molar-refractivity contribution in [2.24, 2.45) is 5.73 Å². The minimum atomic E-state index is -0.312. The zero-order valence-corrected chi connectivity index (χ0v) is 14.4. The summed E-state index contributed by atoms with van der Waals surface area (Å²) in [6.07, 6.45) is 2.69. The Balaban J connectivity index is 2.43. The van der Waals surface area contributed by atoms with Crippen molar-refractivity contribution >= 4 is 34.2 Å². The van der Waals surface area contributed by atoms with Gasteiger partial charge in [0.2, 0.25) is 0 Å². The molecule has 20 heavy (non-hydrogen) atoms. The molecule has 0 amide bonds. The van der Waals surface area contributed by atoms with Crippen molar-refractivity contribution in [2.75, 3.05) is 7.11 Å². The Morgan fingerprint density at radius 1 is 1.50 bits per heavy atom. The summed E-state index contributed by atoms with van der Waals surface area (Å²) in [6, 6.07) is 5.54. The van der Waals surface area contributed by atoms with Gasteiger partial charge < -0.3 is 10.5 Å². The molecule has 108 valence electrons. The van der Waals surface area contributed by atoms with Gasteiger partial charge in [0.15, 0.2) is 5.75 Å². The second kappa shape index (κ2) is 6.78. The Bertz CT molecular complexity index is 600. The SMILES string of the molecule is CCCn1ncc(OC)c1C(N)c1ccc(I)c(Cl)c1. The summed E-state index contributed by atoms with van der Waals surface area (Å²) in [7, 11) is 1.63. The van der Waals surface area contributed by atoms with E-state index in [1.54, 1.807) is 13.3 Å². The van der Waals surface area contributed by atoms with Gasteiger partial charge in [-0.25, -0.2) is 0 Å². The van der Waals surface area contributed by atoms with E-state index in [9.17, 15) is 0 Å². The number of aromatic nitrogens is 2. The number of methoxy groups -OCH3 is 1. The molecule has 1 aromatic carbocycles. The molecule has 4 nitrogen and oxygen atoms in total. The first-order chi connectivity index (χ1) is 9.58. The Morgan fingerprint density at radius 2 is 2.25 bits per heavy atom. The fourth-order valence-corrected chi connectivity index (χ4v) is 2.63. The van der Waals surface area contributed by atoms with Gasteiger partial charge in [0.05, 0.1) is 24.4 Å². The van der Waals surface area contributed by atoms with Crippen LogP contribution in [0.25, 0.3) is 0 Å². The molecule has 0 aliphatic rings. The molecule has 6 heteroatoms. The van der Waals surface area contributed by atoms with Gasteiger partial charge in [0.25, 0.3) is 0 Å². The normalized spacial score (nSPS) is 12.4. The number of rotatable bonds is 5. The van der Waals surface area contributed by atoms with Crippen LogP contribution in [-0.2, 0) is 6.54 Å². The van der Waals surface area contributed by atoms with Gasteiger partial charge in [0.1, 0.15) is 5.69 Å². The fraction of sp³-hybridized carbons (Fsp3) is 0.357.